The largest absolute Gasteiger partial charge is 0.490 e. The van der Waals surface area contributed by atoms with Crippen LogP contribution in [0.3, 0.4) is 0 Å². The van der Waals surface area contributed by atoms with Gasteiger partial charge in [0, 0.05) is 31.8 Å². The van der Waals surface area contributed by atoms with Crippen molar-refractivity contribution >= 4 is 40.7 Å². The lowest BCUT2D eigenvalue weighted by molar-refractivity contribution is -0.136. The smallest absolute Gasteiger partial charge is 0.227 e. The summed E-state index contributed by atoms with van der Waals surface area (Å²) in [4.78, 5) is 15.7. The zero-order valence-corrected chi connectivity index (χ0v) is 26.5. The van der Waals surface area contributed by atoms with E-state index in [4.69, 9.17) is 54.7 Å². The molecule has 0 saturated heterocycles. The molecule has 4 rings (SSSR count). The quantitative estimate of drug-likeness (QED) is 0.170. The van der Waals surface area contributed by atoms with Crippen LogP contribution in [0, 0.1) is 18.8 Å². The number of carbonyl (C=O) groups excluding carboxylic acids is 1. The number of amides is 1. The Labute approximate surface area is 264 Å². The second-order valence-electron chi connectivity index (χ2n) is 10.9. The van der Waals surface area contributed by atoms with Gasteiger partial charge in [0.1, 0.15) is 19.0 Å². The van der Waals surface area contributed by atoms with Crippen LogP contribution in [-0.2, 0) is 28.9 Å². The predicted molar refractivity (Wildman–Crippen MR) is 170 cm³/mol. The molecule has 42 heavy (non-hydrogen) atoms. The summed E-state index contributed by atoms with van der Waals surface area (Å²) in [6.07, 6.45) is 3.64. The van der Waals surface area contributed by atoms with Gasteiger partial charge in [-0.3, -0.25) is 4.79 Å². The molecule has 0 bridgehead atoms. The topological polar surface area (TPSA) is 74.0 Å². The fourth-order valence-electron chi connectivity index (χ4n) is 4.84. The van der Waals surface area contributed by atoms with Crippen LogP contribution in [0.15, 0.2) is 54.6 Å². The van der Waals surface area contributed by atoms with Crippen LogP contribution in [0.5, 0.6) is 11.5 Å². The van der Waals surface area contributed by atoms with Crippen molar-refractivity contribution in [3.63, 3.8) is 0 Å². The lowest BCUT2D eigenvalue weighted by Gasteiger charge is -2.28. The van der Waals surface area contributed by atoms with Gasteiger partial charge in [-0.05, 0) is 91.1 Å². The van der Waals surface area contributed by atoms with Crippen LogP contribution >= 0.6 is 34.8 Å². The molecular weight excluding hydrogens is 595 g/mol. The molecule has 1 fully saturated rings. The maximum Gasteiger partial charge on any atom is 0.227 e. The summed E-state index contributed by atoms with van der Waals surface area (Å²) in [6, 6.07) is 17.4. The van der Waals surface area contributed by atoms with Gasteiger partial charge in [-0.2, -0.15) is 0 Å². The molecule has 1 aliphatic rings. The number of benzene rings is 3. The van der Waals surface area contributed by atoms with Crippen molar-refractivity contribution in [2.75, 3.05) is 40.0 Å². The zero-order valence-electron chi connectivity index (χ0n) is 24.2. The molecule has 2 N–H and O–H groups in total. The average Bonchev–Trinajstić information content (AvgIpc) is 3.79. The first kappa shape index (κ1) is 32.4. The third kappa shape index (κ3) is 9.51. The second-order valence-corrected chi connectivity index (χ2v) is 12.1. The van der Waals surface area contributed by atoms with Gasteiger partial charge in [-0.15, -0.1) is 0 Å². The summed E-state index contributed by atoms with van der Waals surface area (Å²) in [6.45, 7) is 4.64. The Balaban J connectivity index is 1.33. The van der Waals surface area contributed by atoms with Crippen LogP contribution in [0.1, 0.15) is 35.1 Å². The van der Waals surface area contributed by atoms with E-state index in [1.54, 1.807) is 7.11 Å². The van der Waals surface area contributed by atoms with Gasteiger partial charge in [-0.1, -0.05) is 59.1 Å². The first-order valence-corrected chi connectivity index (χ1v) is 15.5. The zero-order chi connectivity index (χ0) is 30.1. The summed E-state index contributed by atoms with van der Waals surface area (Å²) >= 11 is 19.0. The number of carbonyl (C=O) groups is 1. The van der Waals surface area contributed by atoms with E-state index in [1.165, 1.54) is 0 Å². The molecule has 3 aromatic rings. The SMILES string of the molecule is COCCc1ccc(Cl)c(CN(CC2CC2)C(=O)C(CN)Cc2ccc(OCCOc3c(Cl)cc(C)cc3Cl)cc2)c1. The van der Waals surface area contributed by atoms with Gasteiger partial charge in [0.15, 0.2) is 5.75 Å². The molecule has 0 spiro atoms. The Morgan fingerprint density at radius 1 is 0.929 bits per heavy atom. The van der Waals surface area contributed by atoms with E-state index in [2.05, 4.69) is 6.07 Å². The standard InChI is InChI=1S/C33H39Cl3N2O4/c1-22-15-30(35)32(31(36)16-22)42-14-13-41-28-8-5-23(6-9-28)17-26(19-37)33(39)38(20-25-3-4-25)21-27-18-24(11-12-40-2)7-10-29(27)34/h5-10,15-16,18,25-26H,3-4,11-14,17,19-21,37H2,1-2H3. The number of nitrogens with zero attached hydrogens (tertiary/aromatic N) is 1. The summed E-state index contributed by atoms with van der Waals surface area (Å²) in [7, 11) is 1.69. The van der Waals surface area contributed by atoms with Crippen LogP contribution in [0.2, 0.25) is 15.1 Å². The Hall–Kier alpha value is -2.48. The van der Waals surface area contributed by atoms with Gasteiger partial charge in [-0.25, -0.2) is 0 Å². The number of methoxy groups -OCH3 is 1. The number of aryl methyl sites for hydroxylation is 1. The first-order valence-electron chi connectivity index (χ1n) is 14.3. The molecule has 9 heteroatoms. The molecule has 3 aromatic carbocycles. The van der Waals surface area contributed by atoms with E-state index in [1.807, 2.05) is 60.4 Å². The molecular formula is C33H39Cl3N2O4. The normalized spacial score (nSPS) is 13.6. The van der Waals surface area contributed by atoms with E-state index in [0.717, 1.165) is 48.1 Å². The number of halogens is 3. The van der Waals surface area contributed by atoms with Crippen molar-refractivity contribution in [2.24, 2.45) is 17.6 Å². The van der Waals surface area contributed by atoms with Crippen molar-refractivity contribution in [1.29, 1.82) is 0 Å². The maximum atomic E-state index is 13.8. The second kappa shape index (κ2) is 15.8. The molecule has 1 amide bonds. The minimum Gasteiger partial charge on any atom is -0.490 e. The number of hydrogen-bond acceptors (Lipinski definition) is 5. The summed E-state index contributed by atoms with van der Waals surface area (Å²) in [5.41, 5.74) is 10.2. The van der Waals surface area contributed by atoms with Gasteiger partial charge in [0.05, 0.1) is 22.6 Å². The highest BCUT2D eigenvalue weighted by Gasteiger charge is 2.30. The lowest BCUT2D eigenvalue weighted by atomic mass is 9.97. The van der Waals surface area contributed by atoms with Gasteiger partial charge in [0.25, 0.3) is 0 Å². The molecule has 226 valence electrons. The third-order valence-corrected chi connectivity index (χ3v) is 8.26. The first-order chi connectivity index (χ1) is 20.3. The van der Waals surface area contributed by atoms with Gasteiger partial charge >= 0.3 is 0 Å². The predicted octanol–water partition coefficient (Wildman–Crippen LogP) is 7.16. The summed E-state index contributed by atoms with van der Waals surface area (Å²) in [5.74, 6) is 1.44. The number of nitrogens with two attached hydrogens (primary N) is 1. The van der Waals surface area contributed by atoms with Crippen LogP contribution in [0.4, 0.5) is 0 Å². The summed E-state index contributed by atoms with van der Waals surface area (Å²) in [5, 5.41) is 1.62. The van der Waals surface area contributed by atoms with E-state index in [-0.39, 0.29) is 18.4 Å². The van der Waals surface area contributed by atoms with Crippen molar-refractivity contribution in [3.8, 4) is 11.5 Å². The number of hydrogen-bond donors (Lipinski definition) is 1. The highest BCUT2D eigenvalue weighted by Crippen LogP contribution is 2.34. The number of ether oxygens (including phenoxy) is 3. The van der Waals surface area contributed by atoms with Crippen molar-refractivity contribution in [1.82, 2.24) is 4.90 Å². The van der Waals surface area contributed by atoms with Crippen LogP contribution in [0.25, 0.3) is 0 Å². The molecule has 1 unspecified atom stereocenters. The lowest BCUT2D eigenvalue weighted by Crippen LogP contribution is -2.41. The highest BCUT2D eigenvalue weighted by atomic mass is 35.5. The van der Waals surface area contributed by atoms with Crippen LogP contribution in [-0.4, -0.2) is 50.8 Å². The molecule has 0 radical (unpaired) electrons. The Bertz CT molecular complexity index is 1310. The van der Waals surface area contributed by atoms with Gasteiger partial charge in [0.2, 0.25) is 5.91 Å². The molecule has 1 atom stereocenters. The van der Waals surface area contributed by atoms with Crippen molar-refractivity contribution < 1.29 is 19.0 Å². The van der Waals surface area contributed by atoms with E-state index in [9.17, 15) is 4.79 Å². The monoisotopic (exact) mass is 632 g/mol. The minimum atomic E-state index is -0.330. The Morgan fingerprint density at radius 2 is 1.60 bits per heavy atom. The van der Waals surface area contributed by atoms with Crippen molar-refractivity contribution in [2.45, 2.75) is 39.2 Å². The summed E-state index contributed by atoms with van der Waals surface area (Å²) < 4.78 is 16.8. The molecule has 0 heterocycles. The maximum absolute atomic E-state index is 13.8. The Morgan fingerprint density at radius 3 is 2.24 bits per heavy atom. The van der Waals surface area contributed by atoms with E-state index < -0.39 is 0 Å². The van der Waals surface area contributed by atoms with Crippen molar-refractivity contribution in [3.05, 3.63) is 91.9 Å². The molecule has 0 aromatic heterocycles. The van der Waals surface area contributed by atoms with Crippen LogP contribution < -0.4 is 15.2 Å². The minimum absolute atomic E-state index is 0.0636. The Kier molecular flexibility index (Phi) is 12.2. The third-order valence-electron chi connectivity index (χ3n) is 7.33. The molecule has 0 aliphatic heterocycles. The highest BCUT2D eigenvalue weighted by molar-refractivity contribution is 6.37. The fourth-order valence-corrected chi connectivity index (χ4v) is 5.72. The molecule has 1 saturated carbocycles. The van der Waals surface area contributed by atoms with Gasteiger partial charge < -0.3 is 24.8 Å². The van der Waals surface area contributed by atoms with E-state index >= 15 is 0 Å². The molecule has 6 nitrogen and oxygen atoms in total. The fraction of sp³-hybridized carbons (Fsp3) is 0.424. The average molecular weight is 634 g/mol. The molecule has 1 aliphatic carbocycles. The van der Waals surface area contributed by atoms with E-state index in [0.29, 0.717) is 65.3 Å². The number of rotatable bonds is 16.